The van der Waals surface area contributed by atoms with Crippen molar-refractivity contribution in [3.8, 4) is 0 Å². The number of benzene rings is 1. The van der Waals surface area contributed by atoms with Gasteiger partial charge in [0.05, 0.1) is 6.42 Å². The van der Waals surface area contributed by atoms with Gasteiger partial charge in [-0.3, -0.25) is 4.79 Å². The molecule has 1 amide bonds. The highest BCUT2D eigenvalue weighted by Gasteiger charge is 2.06. The van der Waals surface area contributed by atoms with E-state index in [2.05, 4.69) is 25.9 Å². The number of aromatic amines is 1. The quantitative estimate of drug-likeness (QED) is 0.764. The second kappa shape index (κ2) is 5.74. The molecule has 0 atom stereocenters. The molecule has 0 aliphatic rings. The summed E-state index contributed by atoms with van der Waals surface area (Å²) in [5, 5.41) is 15.9. The lowest BCUT2D eigenvalue weighted by Gasteiger charge is -2.03. The summed E-state index contributed by atoms with van der Waals surface area (Å²) in [6.07, 6.45) is 0.976. The number of nitrogens with zero attached hydrogens (tertiary/aromatic N) is 3. The van der Waals surface area contributed by atoms with Crippen LogP contribution in [0.25, 0.3) is 0 Å². The van der Waals surface area contributed by atoms with Gasteiger partial charge in [-0.05, 0) is 12.0 Å². The molecule has 0 aliphatic carbocycles. The molecule has 88 valence electrons. The number of carbonyl (C=O) groups is 1. The van der Waals surface area contributed by atoms with E-state index < -0.39 is 0 Å². The molecular formula is C11H13N5O. The van der Waals surface area contributed by atoms with E-state index in [9.17, 15) is 4.79 Å². The van der Waals surface area contributed by atoms with Crippen molar-refractivity contribution in [2.45, 2.75) is 12.8 Å². The minimum absolute atomic E-state index is 0.0951. The Morgan fingerprint density at radius 1 is 1.29 bits per heavy atom. The summed E-state index contributed by atoms with van der Waals surface area (Å²) in [5.74, 6) is 0.310. The third kappa shape index (κ3) is 3.67. The zero-order valence-electron chi connectivity index (χ0n) is 9.26. The number of aromatic nitrogens is 4. The molecule has 1 aromatic carbocycles. The standard InChI is InChI=1S/C11H13N5O/c17-11(8-10-13-15-16-14-10)12-7-6-9-4-2-1-3-5-9/h1-5H,6-8H2,(H,12,17)(H,13,14,15,16). The van der Waals surface area contributed by atoms with Gasteiger partial charge >= 0.3 is 0 Å². The van der Waals surface area contributed by atoms with E-state index in [1.165, 1.54) is 5.56 Å². The number of carbonyl (C=O) groups excluding carboxylic acids is 1. The largest absolute Gasteiger partial charge is 0.355 e. The SMILES string of the molecule is O=C(Cc1nn[nH]n1)NCCc1ccccc1. The highest BCUT2D eigenvalue weighted by atomic mass is 16.1. The molecule has 17 heavy (non-hydrogen) atoms. The molecule has 2 aromatic rings. The monoisotopic (exact) mass is 231 g/mol. The second-order valence-electron chi connectivity index (χ2n) is 3.59. The molecule has 0 saturated heterocycles. The molecule has 2 rings (SSSR count). The van der Waals surface area contributed by atoms with Crippen LogP contribution in [0, 0.1) is 0 Å². The maximum absolute atomic E-state index is 11.5. The van der Waals surface area contributed by atoms with Gasteiger partial charge < -0.3 is 5.32 Å². The fourth-order valence-corrected chi connectivity index (χ4v) is 1.45. The highest BCUT2D eigenvalue weighted by Crippen LogP contribution is 1.98. The Kier molecular flexibility index (Phi) is 3.80. The molecule has 6 nitrogen and oxygen atoms in total. The molecule has 6 heteroatoms. The van der Waals surface area contributed by atoms with Crippen molar-refractivity contribution in [1.29, 1.82) is 0 Å². The molecule has 0 unspecified atom stereocenters. The predicted molar refractivity (Wildman–Crippen MR) is 61.0 cm³/mol. The van der Waals surface area contributed by atoms with Gasteiger partial charge in [-0.2, -0.15) is 5.21 Å². The van der Waals surface area contributed by atoms with Crippen LogP contribution in [-0.2, 0) is 17.6 Å². The third-order valence-electron chi connectivity index (χ3n) is 2.29. The maximum Gasteiger partial charge on any atom is 0.227 e. The Morgan fingerprint density at radius 2 is 2.12 bits per heavy atom. The third-order valence-corrected chi connectivity index (χ3v) is 2.29. The fraction of sp³-hybridized carbons (Fsp3) is 0.273. The first-order valence-corrected chi connectivity index (χ1v) is 5.37. The predicted octanol–water partition coefficient (Wildman–Crippen LogP) is 0.101. The van der Waals surface area contributed by atoms with E-state index in [1.807, 2.05) is 30.3 Å². The van der Waals surface area contributed by atoms with Crippen LogP contribution in [0.15, 0.2) is 30.3 Å². The lowest BCUT2D eigenvalue weighted by Crippen LogP contribution is -2.27. The molecule has 0 bridgehead atoms. The van der Waals surface area contributed by atoms with E-state index in [4.69, 9.17) is 0 Å². The van der Waals surface area contributed by atoms with Crippen molar-refractivity contribution in [3.05, 3.63) is 41.7 Å². The Bertz CT molecular complexity index is 454. The smallest absolute Gasteiger partial charge is 0.227 e. The van der Waals surface area contributed by atoms with Crippen molar-refractivity contribution in [1.82, 2.24) is 25.9 Å². The van der Waals surface area contributed by atoms with Gasteiger partial charge in [0.15, 0.2) is 5.82 Å². The topological polar surface area (TPSA) is 83.6 Å². The summed E-state index contributed by atoms with van der Waals surface area (Å²) in [5.41, 5.74) is 1.20. The first-order valence-electron chi connectivity index (χ1n) is 5.37. The summed E-state index contributed by atoms with van der Waals surface area (Å²) in [4.78, 5) is 11.5. The molecule has 0 radical (unpaired) electrons. The summed E-state index contributed by atoms with van der Waals surface area (Å²) in [7, 11) is 0. The van der Waals surface area contributed by atoms with Gasteiger partial charge in [-0.1, -0.05) is 35.5 Å². The van der Waals surface area contributed by atoms with Gasteiger partial charge in [0.25, 0.3) is 0 Å². The molecule has 0 spiro atoms. The number of amides is 1. The van der Waals surface area contributed by atoms with E-state index >= 15 is 0 Å². The zero-order valence-corrected chi connectivity index (χ0v) is 9.26. The first kappa shape index (κ1) is 11.3. The number of rotatable bonds is 5. The van der Waals surface area contributed by atoms with Crippen molar-refractivity contribution >= 4 is 5.91 Å². The van der Waals surface area contributed by atoms with Crippen LogP contribution in [0.2, 0.25) is 0 Å². The van der Waals surface area contributed by atoms with Gasteiger partial charge in [0, 0.05) is 6.54 Å². The zero-order chi connectivity index (χ0) is 11.9. The van der Waals surface area contributed by atoms with Gasteiger partial charge in [0.1, 0.15) is 0 Å². The summed E-state index contributed by atoms with van der Waals surface area (Å²) in [6.45, 7) is 0.612. The number of tetrazole rings is 1. The molecular weight excluding hydrogens is 218 g/mol. The van der Waals surface area contributed by atoms with Gasteiger partial charge in [-0.15, -0.1) is 10.2 Å². The Labute approximate surface area is 98.4 Å². The molecule has 0 fully saturated rings. The van der Waals surface area contributed by atoms with Crippen LogP contribution < -0.4 is 5.32 Å². The number of nitrogens with one attached hydrogen (secondary N) is 2. The second-order valence-corrected chi connectivity index (χ2v) is 3.59. The fourth-order valence-electron chi connectivity index (χ4n) is 1.45. The lowest BCUT2D eigenvalue weighted by molar-refractivity contribution is -0.120. The number of H-pyrrole nitrogens is 1. The Morgan fingerprint density at radius 3 is 2.82 bits per heavy atom. The van der Waals surface area contributed by atoms with E-state index in [0.717, 1.165) is 6.42 Å². The van der Waals surface area contributed by atoms with Crippen molar-refractivity contribution in [3.63, 3.8) is 0 Å². The van der Waals surface area contributed by atoms with E-state index in [0.29, 0.717) is 12.4 Å². The number of hydrogen-bond acceptors (Lipinski definition) is 4. The van der Waals surface area contributed by atoms with Gasteiger partial charge in [-0.25, -0.2) is 0 Å². The molecule has 0 aliphatic heterocycles. The highest BCUT2D eigenvalue weighted by molar-refractivity contribution is 5.77. The Balaban J connectivity index is 1.70. The van der Waals surface area contributed by atoms with Crippen LogP contribution in [0.5, 0.6) is 0 Å². The maximum atomic E-state index is 11.5. The molecule has 1 aromatic heterocycles. The average molecular weight is 231 g/mol. The summed E-state index contributed by atoms with van der Waals surface area (Å²) in [6, 6.07) is 10.0. The van der Waals surface area contributed by atoms with E-state index in [1.54, 1.807) is 0 Å². The van der Waals surface area contributed by atoms with E-state index in [-0.39, 0.29) is 12.3 Å². The van der Waals surface area contributed by atoms with Crippen LogP contribution in [0.1, 0.15) is 11.4 Å². The average Bonchev–Trinajstić information content (AvgIpc) is 2.83. The van der Waals surface area contributed by atoms with Crippen molar-refractivity contribution < 1.29 is 4.79 Å². The van der Waals surface area contributed by atoms with Crippen molar-refractivity contribution in [2.24, 2.45) is 0 Å². The van der Waals surface area contributed by atoms with Crippen LogP contribution in [-0.4, -0.2) is 33.1 Å². The van der Waals surface area contributed by atoms with Crippen LogP contribution in [0.3, 0.4) is 0 Å². The summed E-state index contributed by atoms with van der Waals surface area (Å²) >= 11 is 0. The molecule has 1 heterocycles. The normalized spacial score (nSPS) is 10.1. The molecule has 2 N–H and O–H groups in total. The Hall–Kier alpha value is -2.24. The first-order chi connectivity index (χ1) is 8.34. The van der Waals surface area contributed by atoms with Gasteiger partial charge in [0.2, 0.25) is 5.91 Å². The van der Waals surface area contributed by atoms with Crippen LogP contribution >= 0.6 is 0 Å². The minimum Gasteiger partial charge on any atom is -0.355 e. The lowest BCUT2D eigenvalue weighted by atomic mass is 10.1. The number of hydrogen-bond donors (Lipinski definition) is 2. The van der Waals surface area contributed by atoms with Crippen molar-refractivity contribution in [2.75, 3.05) is 6.54 Å². The molecule has 0 saturated carbocycles. The minimum atomic E-state index is -0.0951. The summed E-state index contributed by atoms with van der Waals surface area (Å²) < 4.78 is 0. The van der Waals surface area contributed by atoms with Crippen LogP contribution in [0.4, 0.5) is 0 Å².